The molecule has 2 heterocycles. The highest BCUT2D eigenvalue weighted by molar-refractivity contribution is 7.13. The molecular weight excluding hydrogens is 348 g/mol. The highest BCUT2D eigenvalue weighted by atomic mass is 35.5. The first-order valence-corrected chi connectivity index (χ1v) is 8.54. The van der Waals surface area contributed by atoms with Gasteiger partial charge in [-0.1, -0.05) is 41.0 Å². The molecular formula is C17H15ClN2O3S. The fourth-order valence-electron chi connectivity index (χ4n) is 2.25. The van der Waals surface area contributed by atoms with Crippen molar-refractivity contribution in [3.05, 3.63) is 58.1 Å². The molecule has 0 fully saturated rings. The second kappa shape index (κ2) is 7.07. The lowest BCUT2D eigenvalue weighted by Gasteiger charge is -2.15. The summed E-state index contributed by atoms with van der Waals surface area (Å²) < 4.78 is 10.7. The van der Waals surface area contributed by atoms with Crippen LogP contribution in [-0.4, -0.2) is 11.2 Å². The molecule has 0 bridgehead atoms. The lowest BCUT2D eigenvalue weighted by Crippen LogP contribution is -2.16. The van der Waals surface area contributed by atoms with E-state index in [9.17, 15) is 4.79 Å². The minimum Gasteiger partial charge on any atom is -0.441 e. The number of carbonyl (C=O) groups excluding carboxylic acids is 1. The number of rotatable bonds is 4. The molecule has 0 spiro atoms. The predicted molar refractivity (Wildman–Crippen MR) is 94.5 cm³/mol. The summed E-state index contributed by atoms with van der Waals surface area (Å²) in [4.78, 5) is 13.1. The topological polar surface area (TPSA) is 64.4 Å². The fraction of sp³-hybridized carbons (Fsp3) is 0.176. The Morgan fingerprint density at radius 1 is 1.33 bits per heavy atom. The van der Waals surface area contributed by atoms with Crippen LogP contribution in [0.15, 0.2) is 46.3 Å². The second-order valence-corrected chi connectivity index (χ2v) is 6.50. The van der Waals surface area contributed by atoms with Crippen molar-refractivity contribution in [2.24, 2.45) is 0 Å². The maximum atomic E-state index is 12.2. The Morgan fingerprint density at radius 2 is 2.12 bits per heavy atom. The van der Waals surface area contributed by atoms with Gasteiger partial charge in [0.2, 0.25) is 5.76 Å². The standard InChI is InChI=1S/C17H15ClN2O3S/c1-10-15(16(23-20-10)14-8-5-9-24-14)19-17(21)22-11(2)12-6-3-4-7-13(12)18/h3-9,11H,1-2H3,(H,19,21). The van der Waals surface area contributed by atoms with Crippen LogP contribution < -0.4 is 5.32 Å². The summed E-state index contributed by atoms with van der Waals surface area (Å²) in [7, 11) is 0. The third-order valence-corrected chi connectivity index (χ3v) is 4.67. The van der Waals surface area contributed by atoms with E-state index < -0.39 is 12.2 Å². The minimum atomic E-state index is -0.591. The Hall–Kier alpha value is -2.31. The molecule has 24 heavy (non-hydrogen) atoms. The van der Waals surface area contributed by atoms with E-state index >= 15 is 0 Å². The molecule has 3 rings (SSSR count). The number of thiophene rings is 1. The molecule has 0 saturated heterocycles. The number of anilines is 1. The van der Waals surface area contributed by atoms with Crippen LogP contribution in [0, 0.1) is 6.92 Å². The molecule has 7 heteroatoms. The number of halogens is 1. The van der Waals surface area contributed by atoms with Crippen LogP contribution in [0.1, 0.15) is 24.3 Å². The number of hydrogen-bond donors (Lipinski definition) is 1. The van der Waals surface area contributed by atoms with Crippen LogP contribution in [0.3, 0.4) is 0 Å². The van der Waals surface area contributed by atoms with Crippen LogP contribution in [0.2, 0.25) is 5.02 Å². The summed E-state index contributed by atoms with van der Waals surface area (Å²) in [6.45, 7) is 3.52. The van der Waals surface area contributed by atoms with Crippen molar-refractivity contribution in [3.8, 4) is 10.6 Å². The third kappa shape index (κ3) is 3.44. The Morgan fingerprint density at radius 3 is 2.83 bits per heavy atom. The lowest BCUT2D eigenvalue weighted by atomic mass is 10.1. The predicted octanol–water partition coefficient (Wildman–Crippen LogP) is 5.67. The lowest BCUT2D eigenvalue weighted by molar-refractivity contribution is 0.121. The Kier molecular flexibility index (Phi) is 4.87. The first kappa shape index (κ1) is 16.5. The van der Waals surface area contributed by atoms with E-state index in [0.717, 1.165) is 10.4 Å². The van der Waals surface area contributed by atoms with E-state index in [1.54, 1.807) is 19.9 Å². The smallest absolute Gasteiger partial charge is 0.412 e. The third-order valence-electron chi connectivity index (χ3n) is 3.46. The van der Waals surface area contributed by atoms with Gasteiger partial charge in [-0.15, -0.1) is 11.3 Å². The minimum absolute atomic E-state index is 0.482. The molecule has 1 N–H and O–H groups in total. The zero-order valence-electron chi connectivity index (χ0n) is 13.1. The Balaban J connectivity index is 1.74. The number of aryl methyl sites for hydroxylation is 1. The number of ether oxygens (including phenoxy) is 1. The molecule has 3 aromatic rings. The van der Waals surface area contributed by atoms with Gasteiger partial charge in [0.25, 0.3) is 0 Å². The van der Waals surface area contributed by atoms with Crippen LogP contribution in [0.25, 0.3) is 10.6 Å². The SMILES string of the molecule is Cc1noc(-c2cccs2)c1NC(=O)OC(C)c1ccccc1Cl. The van der Waals surface area contributed by atoms with Crippen LogP contribution >= 0.6 is 22.9 Å². The van der Waals surface area contributed by atoms with Crippen LogP contribution in [0.5, 0.6) is 0 Å². The fourth-order valence-corrected chi connectivity index (χ4v) is 3.25. The van der Waals surface area contributed by atoms with Gasteiger partial charge in [0.05, 0.1) is 4.88 Å². The van der Waals surface area contributed by atoms with Crippen molar-refractivity contribution in [2.75, 3.05) is 5.32 Å². The average molecular weight is 363 g/mol. The van der Waals surface area contributed by atoms with Gasteiger partial charge in [-0.2, -0.15) is 0 Å². The molecule has 0 aliphatic rings. The van der Waals surface area contributed by atoms with Crippen molar-refractivity contribution in [2.45, 2.75) is 20.0 Å². The van der Waals surface area contributed by atoms with Gasteiger partial charge in [0.1, 0.15) is 17.5 Å². The second-order valence-electron chi connectivity index (χ2n) is 5.14. The van der Waals surface area contributed by atoms with Crippen LogP contribution in [0.4, 0.5) is 10.5 Å². The van der Waals surface area contributed by atoms with E-state index in [1.165, 1.54) is 11.3 Å². The van der Waals surface area contributed by atoms with Crippen molar-refractivity contribution < 1.29 is 14.1 Å². The number of benzene rings is 1. The molecule has 1 atom stereocenters. The quantitative estimate of drug-likeness (QED) is 0.649. The molecule has 1 aromatic carbocycles. The summed E-state index contributed by atoms with van der Waals surface area (Å²) in [5, 5.41) is 9.11. The Bertz CT molecular complexity index is 845. The van der Waals surface area contributed by atoms with Crippen molar-refractivity contribution in [1.82, 2.24) is 5.16 Å². The molecule has 1 amide bonds. The first-order chi connectivity index (χ1) is 11.6. The highest BCUT2D eigenvalue weighted by Gasteiger charge is 2.20. The maximum absolute atomic E-state index is 12.2. The largest absolute Gasteiger partial charge is 0.441 e. The van der Waals surface area contributed by atoms with Gasteiger partial charge < -0.3 is 9.26 Å². The zero-order chi connectivity index (χ0) is 17.1. The average Bonchev–Trinajstić information content (AvgIpc) is 3.18. The maximum Gasteiger partial charge on any atom is 0.412 e. The molecule has 124 valence electrons. The summed E-state index contributed by atoms with van der Waals surface area (Å²) >= 11 is 7.63. The number of amides is 1. The number of nitrogens with zero attached hydrogens (tertiary/aromatic N) is 1. The molecule has 0 saturated carbocycles. The Labute approximate surface area is 148 Å². The number of nitrogens with one attached hydrogen (secondary N) is 1. The van der Waals surface area contributed by atoms with Gasteiger partial charge in [0.15, 0.2) is 0 Å². The monoisotopic (exact) mass is 362 g/mol. The van der Waals surface area contributed by atoms with E-state index in [0.29, 0.717) is 22.2 Å². The molecule has 0 aliphatic carbocycles. The summed E-state index contributed by atoms with van der Waals surface area (Å²) in [5.74, 6) is 0.518. The number of hydrogen-bond acceptors (Lipinski definition) is 5. The van der Waals surface area contributed by atoms with Crippen molar-refractivity contribution >= 4 is 34.7 Å². The first-order valence-electron chi connectivity index (χ1n) is 7.28. The van der Waals surface area contributed by atoms with E-state index in [-0.39, 0.29) is 0 Å². The van der Waals surface area contributed by atoms with E-state index in [2.05, 4.69) is 10.5 Å². The van der Waals surface area contributed by atoms with Gasteiger partial charge in [-0.05, 0) is 31.4 Å². The van der Waals surface area contributed by atoms with E-state index in [1.807, 2.05) is 35.7 Å². The molecule has 0 aliphatic heterocycles. The van der Waals surface area contributed by atoms with Crippen LogP contribution in [-0.2, 0) is 4.74 Å². The zero-order valence-corrected chi connectivity index (χ0v) is 14.6. The molecule has 1 unspecified atom stereocenters. The normalized spacial score (nSPS) is 12.0. The van der Waals surface area contributed by atoms with Crippen molar-refractivity contribution in [3.63, 3.8) is 0 Å². The summed E-state index contributed by atoms with van der Waals surface area (Å²) in [6.07, 6.45) is -1.07. The van der Waals surface area contributed by atoms with Gasteiger partial charge >= 0.3 is 6.09 Å². The number of aromatic nitrogens is 1. The molecule has 0 radical (unpaired) electrons. The molecule has 5 nitrogen and oxygen atoms in total. The van der Waals surface area contributed by atoms with Gasteiger partial charge in [0, 0.05) is 10.6 Å². The summed E-state index contributed by atoms with van der Waals surface area (Å²) in [6, 6.07) is 11.0. The number of carbonyl (C=O) groups is 1. The van der Waals surface area contributed by atoms with Crippen molar-refractivity contribution in [1.29, 1.82) is 0 Å². The van der Waals surface area contributed by atoms with Gasteiger partial charge in [-0.3, -0.25) is 5.32 Å². The highest BCUT2D eigenvalue weighted by Crippen LogP contribution is 2.34. The van der Waals surface area contributed by atoms with Gasteiger partial charge in [-0.25, -0.2) is 4.79 Å². The van der Waals surface area contributed by atoms with E-state index in [4.69, 9.17) is 20.9 Å². The summed E-state index contributed by atoms with van der Waals surface area (Å²) in [5.41, 5.74) is 1.84. The molecule has 2 aromatic heterocycles.